The Balaban J connectivity index is 2.22. The van der Waals surface area contributed by atoms with E-state index in [1.807, 2.05) is 24.3 Å². The van der Waals surface area contributed by atoms with Crippen LogP contribution in [0.25, 0.3) is 22.4 Å². The summed E-state index contributed by atoms with van der Waals surface area (Å²) in [4.78, 5) is 7.64. The maximum atomic E-state index is 5.54. The number of fused-ring (bicyclic) bond motifs is 1. The first-order chi connectivity index (χ1) is 9.70. The Morgan fingerprint density at radius 1 is 1.40 bits per heavy atom. The van der Waals surface area contributed by atoms with E-state index in [1.54, 1.807) is 13.4 Å². The van der Waals surface area contributed by atoms with Gasteiger partial charge in [0.15, 0.2) is 0 Å². The monoisotopic (exact) mass is 350 g/mol. The van der Waals surface area contributed by atoms with Crippen molar-refractivity contribution in [2.24, 2.45) is 0 Å². The number of nitrogens with zero attached hydrogens (tertiary/aromatic N) is 1. The number of para-hydroxylation sites is 1. The second-order valence-corrected chi connectivity index (χ2v) is 5.44. The molecule has 0 aliphatic rings. The lowest BCUT2D eigenvalue weighted by molar-refractivity contribution is 0.181. The fourth-order valence-electron chi connectivity index (χ4n) is 2.04. The summed E-state index contributed by atoms with van der Waals surface area (Å²) in [6.07, 6.45) is 1.68. The molecule has 0 atom stereocenters. The summed E-state index contributed by atoms with van der Waals surface area (Å²) in [5.41, 5.74) is 2.56. The third-order valence-corrected chi connectivity index (χ3v) is 4.37. The molecule has 6 heteroatoms. The molecule has 3 rings (SSSR count). The number of halogens is 1. The van der Waals surface area contributed by atoms with E-state index in [0.717, 1.165) is 26.7 Å². The standard InChI is InChI=1S/C14H11BrN2O2S/c1-18-7-10-12(15)14(20)17-13(16-10)9-6-19-11-5-3-2-4-8(9)11/h2-6H,7H2,1H3,(H,16,17,20). The van der Waals surface area contributed by atoms with E-state index in [-0.39, 0.29) is 0 Å². The minimum absolute atomic E-state index is 0.426. The van der Waals surface area contributed by atoms with Crippen LogP contribution in [-0.2, 0) is 11.3 Å². The molecular formula is C14H11BrN2O2S. The Kier molecular flexibility index (Phi) is 3.69. The summed E-state index contributed by atoms with van der Waals surface area (Å²) < 4.78 is 12.0. The number of furan rings is 1. The highest BCUT2D eigenvalue weighted by Crippen LogP contribution is 2.29. The van der Waals surface area contributed by atoms with E-state index < -0.39 is 0 Å². The number of nitrogens with one attached hydrogen (secondary N) is 1. The second kappa shape index (κ2) is 5.47. The fraction of sp³-hybridized carbons (Fsp3) is 0.143. The molecule has 0 unspecified atom stereocenters. The molecule has 2 heterocycles. The number of benzene rings is 1. The van der Waals surface area contributed by atoms with Crippen LogP contribution in [0, 0.1) is 4.64 Å². The number of hydrogen-bond donors (Lipinski definition) is 1. The van der Waals surface area contributed by atoms with Crippen LogP contribution in [0.1, 0.15) is 5.69 Å². The van der Waals surface area contributed by atoms with Crippen LogP contribution in [0.5, 0.6) is 0 Å². The topological polar surface area (TPSA) is 51.0 Å². The van der Waals surface area contributed by atoms with Crippen molar-refractivity contribution in [2.75, 3.05) is 7.11 Å². The van der Waals surface area contributed by atoms with Crippen LogP contribution < -0.4 is 0 Å². The molecule has 102 valence electrons. The third kappa shape index (κ3) is 2.30. The zero-order chi connectivity index (χ0) is 14.1. The van der Waals surface area contributed by atoms with Gasteiger partial charge in [-0.15, -0.1) is 0 Å². The van der Waals surface area contributed by atoms with Crippen molar-refractivity contribution in [3.63, 3.8) is 0 Å². The molecule has 1 N–H and O–H groups in total. The van der Waals surface area contributed by atoms with Crippen LogP contribution in [0.3, 0.4) is 0 Å². The minimum atomic E-state index is 0.426. The van der Waals surface area contributed by atoms with Gasteiger partial charge in [-0.05, 0) is 22.0 Å². The smallest absolute Gasteiger partial charge is 0.144 e. The molecule has 0 amide bonds. The van der Waals surface area contributed by atoms with Gasteiger partial charge >= 0.3 is 0 Å². The van der Waals surface area contributed by atoms with Crippen molar-refractivity contribution in [3.05, 3.63) is 45.3 Å². The highest BCUT2D eigenvalue weighted by Gasteiger charge is 2.12. The van der Waals surface area contributed by atoms with Crippen molar-refractivity contribution in [2.45, 2.75) is 6.61 Å². The number of ether oxygens (including phenoxy) is 1. The predicted molar refractivity (Wildman–Crippen MR) is 83.0 cm³/mol. The van der Waals surface area contributed by atoms with Gasteiger partial charge in [-0.1, -0.05) is 30.4 Å². The molecule has 20 heavy (non-hydrogen) atoms. The molecule has 0 aliphatic heterocycles. The summed E-state index contributed by atoms with van der Waals surface area (Å²) in [7, 11) is 1.64. The number of aromatic amines is 1. The lowest BCUT2D eigenvalue weighted by Crippen LogP contribution is -1.99. The molecular weight excluding hydrogens is 340 g/mol. The fourth-order valence-corrected chi connectivity index (χ4v) is 2.55. The highest BCUT2D eigenvalue weighted by atomic mass is 79.9. The van der Waals surface area contributed by atoms with Crippen molar-refractivity contribution < 1.29 is 9.15 Å². The molecule has 0 fully saturated rings. The van der Waals surface area contributed by atoms with Gasteiger partial charge in [-0.2, -0.15) is 0 Å². The maximum Gasteiger partial charge on any atom is 0.144 e. The SMILES string of the molecule is COCc1[nH]c(-c2coc3ccccc23)nc(=S)c1Br. The molecule has 3 aromatic rings. The van der Waals surface area contributed by atoms with Crippen LogP contribution in [0.2, 0.25) is 0 Å². The van der Waals surface area contributed by atoms with Gasteiger partial charge in [0.2, 0.25) is 0 Å². The van der Waals surface area contributed by atoms with Gasteiger partial charge in [0, 0.05) is 12.5 Å². The van der Waals surface area contributed by atoms with E-state index in [2.05, 4.69) is 25.9 Å². The van der Waals surface area contributed by atoms with Crippen LogP contribution >= 0.6 is 28.1 Å². The summed E-state index contributed by atoms with van der Waals surface area (Å²) in [5.74, 6) is 0.676. The van der Waals surface area contributed by atoms with E-state index in [4.69, 9.17) is 21.4 Å². The molecule has 0 spiro atoms. The van der Waals surface area contributed by atoms with Crippen molar-refractivity contribution in [1.29, 1.82) is 0 Å². The number of H-pyrrole nitrogens is 1. The van der Waals surface area contributed by atoms with Gasteiger partial charge < -0.3 is 14.1 Å². The maximum absolute atomic E-state index is 5.54. The number of rotatable bonds is 3. The average Bonchev–Trinajstić information content (AvgIpc) is 2.88. The molecule has 0 bridgehead atoms. The van der Waals surface area contributed by atoms with Crippen molar-refractivity contribution in [3.8, 4) is 11.4 Å². The first-order valence-electron chi connectivity index (χ1n) is 5.95. The van der Waals surface area contributed by atoms with Crippen LogP contribution in [0.4, 0.5) is 0 Å². The number of aromatic nitrogens is 2. The molecule has 0 aliphatic carbocycles. The average molecular weight is 351 g/mol. The zero-order valence-corrected chi connectivity index (χ0v) is 13.0. The highest BCUT2D eigenvalue weighted by molar-refractivity contribution is 9.10. The minimum Gasteiger partial charge on any atom is -0.464 e. The summed E-state index contributed by atoms with van der Waals surface area (Å²) >= 11 is 8.70. The first kappa shape index (κ1) is 13.5. The lowest BCUT2D eigenvalue weighted by Gasteiger charge is -2.06. The number of hydrogen-bond acceptors (Lipinski definition) is 4. The molecule has 1 aromatic carbocycles. The van der Waals surface area contributed by atoms with E-state index in [9.17, 15) is 0 Å². The Bertz CT molecular complexity index is 825. The van der Waals surface area contributed by atoms with E-state index >= 15 is 0 Å². The first-order valence-corrected chi connectivity index (χ1v) is 7.15. The van der Waals surface area contributed by atoms with Gasteiger partial charge in [0.05, 0.1) is 22.3 Å². The van der Waals surface area contributed by atoms with E-state index in [1.165, 1.54) is 0 Å². The van der Waals surface area contributed by atoms with Gasteiger partial charge in [-0.3, -0.25) is 0 Å². The van der Waals surface area contributed by atoms with Crippen LogP contribution in [-0.4, -0.2) is 17.1 Å². The van der Waals surface area contributed by atoms with E-state index in [0.29, 0.717) is 17.1 Å². The third-order valence-electron chi connectivity index (χ3n) is 2.96. The molecule has 0 saturated heterocycles. The summed E-state index contributed by atoms with van der Waals surface area (Å²) in [6.45, 7) is 0.426. The molecule has 0 radical (unpaired) electrons. The second-order valence-electron chi connectivity index (χ2n) is 4.26. The summed E-state index contributed by atoms with van der Waals surface area (Å²) in [5, 5.41) is 0.997. The quantitative estimate of drug-likeness (QED) is 0.708. The predicted octanol–water partition coefficient (Wildman–Crippen LogP) is 4.46. The zero-order valence-electron chi connectivity index (χ0n) is 10.6. The van der Waals surface area contributed by atoms with Crippen LogP contribution in [0.15, 0.2) is 39.4 Å². The number of methoxy groups -OCH3 is 1. The van der Waals surface area contributed by atoms with Gasteiger partial charge in [0.25, 0.3) is 0 Å². The Hall–Kier alpha value is -1.50. The Morgan fingerprint density at radius 2 is 2.20 bits per heavy atom. The van der Waals surface area contributed by atoms with Crippen molar-refractivity contribution in [1.82, 2.24) is 9.97 Å². The largest absolute Gasteiger partial charge is 0.464 e. The Labute approximate surface area is 128 Å². The molecule has 2 aromatic heterocycles. The van der Waals surface area contributed by atoms with Gasteiger partial charge in [-0.25, -0.2) is 4.98 Å². The molecule has 0 saturated carbocycles. The normalized spacial score (nSPS) is 11.1. The summed E-state index contributed by atoms with van der Waals surface area (Å²) in [6, 6.07) is 7.81. The van der Waals surface area contributed by atoms with Gasteiger partial charge in [0.1, 0.15) is 22.3 Å². The Morgan fingerprint density at radius 3 is 3.00 bits per heavy atom. The lowest BCUT2D eigenvalue weighted by atomic mass is 10.1. The van der Waals surface area contributed by atoms with Crippen molar-refractivity contribution >= 4 is 39.1 Å². The molecule has 4 nitrogen and oxygen atoms in total.